The summed E-state index contributed by atoms with van der Waals surface area (Å²) in [4.78, 5) is 6.19. The summed E-state index contributed by atoms with van der Waals surface area (Å²) >= 11 is 0. The number of aromatic nitrogens is 1. The highest BCUT2D eigenvalue weighted by atomic mass is 16.3. The van der Waals surface area contributed by atoms with Gasteiger partial charge in [-0.05, 0) is 24.6 Å². The van der Waals surface area contributed by atoms with E-state index in [1.807, 2.05) is 37.4 Å². The fourth-order valence-corrected chi connectivity index (χ4v) is 2.19. The highest BCUT2D eigenvalue weighted by Crippen LogP contribution is 2.20. The Hall–Kier alpha value is -1.91. The molecule has 0 spiro atoms. The molecule has 1 aromatic carbocycles. The zero-order valence-corrected chi connectivity index (χ0v) is 11.7. The lowest BCUT2D eigenvalue weighted by Gasteiger charge is -2.22. The molecule has 20 heavy (non-hydrogen) atoms. The predicted octanol–water partition coefficient (Wildman–Crippen LogP) is 2.09. The molecule has 0 aliphatic heterocycles. The van der Waals surface area contributed by atoms with Gasteiger partial charge in [0.05, 0.1) is 6.61 Å². The first-order valence-electron chi connectivity index (χ1n) is 6.69. The van der Waals surface area contributed by atoms with Gasteiger partial charge < -0.3 is 10.2 Å². The molecule has 0 bridgehead atoms. The van der Waals surface area contributed by atoms with Crippen molar-refractivity contribution in [3.63, 3.8) is 0 Å². The molecule has 0 saturated heterocycles. The number of aryl methyl sites for hydroxylation is 1. The summed E-state index contributed by atoms with van der Waals surface area (Å²) in [5.41, 5.74) is 3.08. The number of benzene rings is 1. The topological polar surface area (TPSA) is 56.6 Å². The first-order valence-corrected chi connectivity index (χ1v) is 6.69. The Morgan fingerprint density at radius 1 is 1.20 bits per heavy atom. The molecule has 2 aromatic rings. The number of aromatic hydroxyl groups is 1. The molecule has 0 atom stereocenters. The SMILES string of the molecule is Cc1ccc(O)c(CN(CCO)Cc2cccnc2)c1. The van der Waals surface area contributed by atoms with Gasteiger partial charge in [-0.15, -0.1) is 0 Å². The molecule has 0 amide bonds. The lowest BCUT2D eigenvalue weighted by atomic mass is 10.1. The quantitative estimate of drug-likeness (QED) is 0.845. The average molecular weight is 272 g/mol. The van der Waals surface area contributed by atoms with E-state index in [4.69, 9.17) is 0 Å². The first-order chi connectivity index (χ1) is 9.69. The van der Waals surface area contributed by atoms with Crippen LogP contribution >= 0.6 is 0 Å². The van der Waals surface area contributed by atoms with Crippen LogP contribution in [0.3, 0.4) is 0 Å². The maximum Gasteiger partial charge on any atom is 0.120 e. The fraction of sp³-hybridized carbons (Fsp3) is 0.312. The predicted molar refractivity (Wildman–Crippen MR) is 78.3 cm³/mol. The molecule has 0 radical (unpaired) electrons. The van der Waals surface area contributed by atoms with Gasteiger partial charge >= 0.3 is 0 Å². The Bertz CT molecular complexity index is 543. The van der Waals surface area contributed by atoms with Gasteiger partial charge in [0.2, 0.25) is 0 Å². The summed E-state index contributed by atoms with van der Waals surface area (Å²) in [7, 11) is 0. The van der Waals surface area contributed by atoms with Crippen LogP contribution in [0.1, 0.15) is 16.7 Å². The van der Waals surface area contributed by atoms with Gasteiger partial charge in [-0.2, -0.15) is 0 Å². The normalized spacial score (nSPS) is 10.9. The molecule has 2 N–H and O–H groups in total. The minimum atomic E-state index is 0.0901. The van der Waals surface area contributed by atoms with Crippen LogP contribution in [0.25, 0.3) is 0 Å². The van der Waals surface area contributed by atoms with Crippen molar-refractivity contribution in [1.29, 1.82) is 0 Å². The van der Waals surface area contributed by atoms with Crippen LogP contribution in [0, 0.1) is 6.92 Å². The lowest BCUT2D eigenvalue weighted by molar-refractivity contribution is 0.183. The van der Waals surface area contributed by atoms with E-state index in [9.17, 15) is 10.2 Å². The second-order valence-corrected chi connectivity index (χ2v) is 4.93. The number of pyridine rings is 1. The highest BCUT2D eigenvalue weighted by Gasteiger charge is 2.10. The van der Waals surface area contributed by atoms with Crippen LogP contribution in [0.4, 0.5) is 0 Å². The Balaban J connectivity index is 2.11. The fourth-order valence-electron chi connectivity index (χ4n) is 2.19. The second kappa shape index (κ2) is 7.03. The van der Waals surface area contributed by atoms with Crippen molar-refractivity contribution in [2.75, 3.05) is 13.2 Å². The van der Waals surface area contributed by atoms with Crippen molar-refractivity contribution in [2.24, 2.45) is 0 Å². The summed E-state index contributed by atoms with van der Waals surface area (Å²) in [5.74, 6) is 0.296. The van der Waals surface area contributed by atoms with Crippen LogP contribution in [0.15, 0.2) is 42.7 Å². The van der Waals surface area contributed by atoms with Gasteiger partial charge in [0.1, 0.15) is 5.75 Å². The van der Waals surface area contributed by atoms with Gasteiger partial charge in [-0.25, -0.2) is 0 Å². The van der Waals surface area contributed by atoms with Crippen LogP contribution in [-0.2, 0) is 13.1 Å². The van der Waals surface area contributed by atoms with Gasteiger partial charge in [0.25, 0.3) is 0 Å². The van der Waals surface area contributed by atoms with E-state index < -0.39 is 0 Å². The van der Waals surface area contributed by atoms with E-state index in [0.717, 1.165) is 16.7 Å². The number of phenols is 1. The second-order valence-electron chi connectivity index (χ2n) is 4.93. The maximum atomic E-state index is 9.92. The van der Waals surface area contributed by atoms with Crippen LogP contribution < -0.4 is 0 Å². The molecule has 1 aromatic heterocycles. The van der Waals surface area contributed by atoms with Crippen LogP contribution in [0.2, 0.25) is 0 Å². The minimum absolute atomic E-state index is 0.0901. The maximum absolute atomic E-state index is 9.92. The molecular formula is C16H20N2O2. The molecule has 0 aliphatic carbocycles. The largest absolute Gasteiger partial charge is 0.508 e. The number of rotatable bonds is 6. The van der Waals surface area contributed by atoms with E-state index in [-0.39, 0.29) is 6.61 Å². The number of aliphatic hydroxyl groups is 1. The highest BCUT2D eigenvalue weighted by molar-refractivity contribution is 5.35. The van der Waals surface area contributed by atoms with Crippen molar-refractivity contribution in [1.82, 2.24) is 9.88 Å². The lowest BCUT2D eigenvalue weighted by Crippen LogP contribution is -2.26. The molecule has 4 nitrogen and oxygen atoms in total. The summed E-state index contributed by atoms with van der Waals surface area (Å²) in [6.07, 6.45) is 3.56. The van der Waals surface area contributed by atoms with Crippen molar-refractivity contribution in [3.05, 3.63) is 59.4 Å². The van der Waals surface area contributed by atoms with Gasteiger partial charge in [0.15, 0.2) is 0 Å². The first kappa shape index (κ1) is 14.5. The standard InChI is InChI=1S/C16H20N2O2/c1-13-4-5-16(20)15(9-13)12-18(7-8-19)11-14-3-2-6-17-10-14/h2-6,9-10,19-20H,7-8,11-12H2,1H3. The number of phenolic OH excluding ortho intramolecular Hbond substituents is 1. The van der Waals surface area contributed by atoms with E-state index in [2.05, 4.69) is 9.88 Å². The number of aliphatic hydroxyl groups excluding tert-OH is 1. The van der Waals surface area contributed by atoms with Crippen molar-refractivity contribution in [2.45, 2.75) is 20.0 Å². The monoisotopic (exact) mass is 272 g/mol. The molecule has 106 valence electrons. The summed E-state index contributed by atoms with van der Waals surface area (Å²) in [5, 5.41) is 19.1. The van der Waals surface area contributed by atoms with Gasteiger partial charge in [-0.1, -0.05) is 23.8 Å². The Kier molecular flexibility index (Phi) is 5.09. The molecule has 2 rings (SSSR count). The molecular weight excluding hydrogens is 252 g/mol. The minimum Gasteiger partial charge on any atom is -0.508 e. The molecule has 0 unspecified atom stereocenters. The molecule has 0 aliphatic rings. The number of hydrogen-bond donors (Lipinski definition) is 2. The molecule has 0 fully saturated rings. The van der Waals surface area contributed by atoms with E-state index >= 15 is 0 Å². The zero-order chi connectivity index (χ0) is 14.4. The summed E-state index contributed by atoms with van der Waals surface area (Å²) < 4.78 is 0. The van der Waals surface area contributed by atoms with Gasteiger partial charge in [0, 0.05) is 37.6 Å². The molecule has 0 saturated carbocycles. The summed E-state index contributed by atoms with van der Waals surface area (Å²) in [6.45, 7) is 3.94. The third-order valence-electron chi connectivity index (χ3n) is 3.17. The Morgan fingerprint density at radius 3 is 2.75 bits per heavy atom. The number of nitrogens with zero attached hydrogens (tertiary/aromatic N) is 2. The van der Waals surface area contributed by atoms with E-state index in [0.29, 0.717) is 25.4 Å². The average Bonchev–Trinajstić information content (AvgIpc) is 2.44. The Labute approximate surface area is 119 Å². The molecule has 4 heteroatoms. The van der Waals surface area contributed by atoms with E-state index in [1.54, 1.807) is 12.3 Å². The Morgan fingerprint density at radius 2 is 2.05 bits per heavy atom. The van der Waals surface area contributed by atoms with Crippen LogP contribution in [-0.4, -0.2) is 33.2 Å². The smallest absolute Gasteiger partial charge is 0.120 e. The van der Waals surface area contributed by atoms with Gasteiger partial charge in [-0.3, -0.25) is 9.88 Å². The number of hydrogen-bond acceptors (Lipinski definition) is 4. The third kappa shape index (κ3) is 4.05. The van der Waals surface area contributed by atoms with Crippen molar-refractivity contribution in [3.8, 4) is 5.75 Å². The zero-order valence-electron chi connectivity index (χ0n) is 11.7. The van der Waals surface area contributed by atoms with Crippen molar-refractivity contribution >= 4 is 0 Å². The van der Waals surface area contributed by atoms with Crippen LogP contribution in [0.5, 0.6) is 5.75 Å². The molecule has 1 heterocycles. The van der Waals surface area contributed by atoms with Crippen molar-refractivity contribution < 1.29 is 10.2 Å². The summed E-state index contributed by atoms with van der Waals surface area (Å²) in [6, 6.07) is 9.48. The van der Waals surface area contributed by atoms with E-state index in [1.165, 1.54) is 0 Å². The third-order valence-corrected chi connectivity index (χ3v) is 3.17.